The molecule has 1 fully saturated rings. The number of nitrogens with zero attached hydrogens (tertiary/aromatic N) is 3. The number of hydrogen-bond acceptors (Lipinski definition) is 5. The van der Waals surface area contributed by atoms with Crippen LogP contribution in [0.1, 0.15) is 24.0 Å². The highest BCUT2D eigenvalue weighted by atomic mass is 32.1. The van der Waals surface area contributed by atoms with Crippen LogP contribution in [0.25, 0.3) is 0 Å². The van der Waals surface area contributed by atoms with Gasteiger partial charge in [-0.05, 0) is 20.3 Å². The quantitative estimate of drug-likeness (QED) is 0.849. The standard InChI is InChI=1S/C14H21N3O3S/c1-3-20-14(19)17-8-6-16(7-9-17)13(18)5-4-12-10-21-11(2)15-12/h10H,3-9H2,1-2H3. The summed E-state index contributed by atoms with van der Waals surface area (Å²) in [6.45, 7) is 6.37. The van der Waals surface area contributed by atoms with Crippen molar-refractivity contribution in [2.24, 2.45) is 0 Å². The third kappa shape index (κ3) is 4.42. The van der Waals surface area contributed by atoms with E-state index >= 15 is 0 Å². The molecule has 116 valence electrons. The van der Waals surface area contributed by atoms with E-state index in [1.807, 2.05) is 17.2 Å². The normalized spacial score (nSPS) is 15.1. The van der Waals surface area contributed by atoms with Crippen molar-refractivity contribution in [3.63, 3.8) is 0 Å². The van der Waals surface area contributed by atoms with Gasteiger partial charge in [-0.25, -0.2) is 9.78 Å². The van der Waals surface area contributed by atoms with Crippen LogP contribution in [0.5, 0.6) is 0 Å². The van der Waals surface area contributed by atoms with Crippen LogP contribution in [0.4, 0.5) is 4.79 Å². The number of hydrogen-bond donors (Lipinski definition) is 0. The zero-order chi connectivity index (χ0) is 15.2. The van der Waals surface area contributed by atoms with E-state index in [-0.39, 0.29) is 12.0 Å². The number of amides is 2. The van der Waals surface area contributed by atoms with Crippen molar-refractivity contribution in [1.29, 1.82) is 0 Å². The maximum atomic E-state index is 12.1. The minimum absolute atomic E-state index is 0.129. The zero-order valence-electron chi connectivity index (χ0n) is 12.5. The third-order valence-electron chi connectivity index (χ3n) is 3.42. The number of ether oxygens (including phenoxy) is 1. The van der Waals surface area contributed by atoms with Gasteiger partial charge in [-0.2, -0.15) is 0 Å². The van der Waals surface area contributed by atoms with Gasteiger partial charge in [0.05, 0.1) is 17.3 Å². The van der Waals surface area contributed by atoms with Gasteiger partial charge >= 0.3 is 6.09 Å². The first-order chi connectivity index (χ1) is 10.1. The lowest BCUT2D eigenvalue weighted by Gasteiger charge is -2.34. The maximum absolute atomic E-state index is 12.1. The van der Waals surface area contributed by atoms with Crippen molar-refractivity contribution in [1.82, 2.24) is 14.8 Å². The predicted octanol–water partition coefficient (Wildman–Crippen LogP) is 1.68. The molecule has 21 heavy (non-hydrogen) atoms. The van der Waals surface area contributed by atoms with Gasteiger partial charge in [-0.3, -0.25) is 4.79 Å². The Bertz CT molecular complexity index is 495. The van der Waals surface area contributed by atoms with E-state index in [0.717, 1.165) is 10.7 Å². The molecule has 0 N–H and O–H groups in total. The molecule has 1 aliphatic rings. The fourth-order valence-electron chi connectivity index (χ4n) is 2.27. The first kappa shape index (κ1) is 15.8. The minimum Gasteiger partial charge on any atom is -0.450 e. The molecule has 2 rings (SSSR count). The highest BCUT2D eigenvalue weighted by Gasteiger charge is 2.24. The van der Waals surface area contributed by atoms with Gasteiger partial charge in [0.2, 0.25) is 5.91 Å². The molecule has 1 aliphatic heterocycles. The van der Waals surface area contributed by atoms with E-state index in [2.05, 4.69) is 4.98 Å². The first-order valence-corrected chi connectivity index (χ1v) is 8.08. The van der Waals surface area contributed by atoms with Gasteiger partial charge in [0.1, 0.15) is 0 Å². The van der Waals surface area contributed by atoms with Crippen LogP contribution in [-0.4, -0.2) is 59.6 Å². The number of aromatic nitrogens is 1. The molecule has 0 aromatic carbocycles. The smallest absolute Gasteiger partial charge is 0.409 e. The molecule has 7 heteroatoms. The molecule has 0 spiro atoms. The summed E-state index contributed by atoms with van der Waals surface area (Å²) in [7, 11) is 0. The first-order valence-electron chi connectivity index (χ1n) is 7.20. The molecule has 2 amide bonds. The van der Waals surface area contributed by atoms with Gasteiger partial charge in [-0.15, -0.1) is 11.3 Å². The number of rotatable bonds is 4. The van der Waals surface area contributed by atoms with E-state index in [0.29, 0.717) is 45.6 Å². The van der Waals surface area contributed by atoms with E-state index in [9.17, 15) is 9.59 Å². The number of piperazine rings is 1. The van der Waals surface area contributed by atoms with Crippen molar-refractivity contribution in [3.8, 4) is 0 Å². The lowest BCUT2D eigenvalue weighted by molar-refractivity contribution is -0.132. The second kappa shape index (κ2) is 7.40. The van der Waals surface area contributed by atoms with Gasteiger partial charge in [0.25, 0.3) is 0 Å². The van der Waals surface area contributed by atoms with Crippen LogP contribution in [-0.2, 0) is 16.0 Å². The van der Waals surface area contributed by atoms with Crippen LogP contribution in [0.3, 0.4) is 0 Å². The average Bonchev–Trinajstić information content (AvgIpc) is 2.91. The Kier molecular flexibility index (Phi) is 5.55. The van der Waals surface area contributed by atoms with Crippen molar-refractivity contribution in [3.05, 3.63) is 16.1 Å². The Hall–Kier alpha value is -1.63. The van der Waals surface area contributed by atoms with Crippen LogP contribution in [0.2, 0.25) is 0 Å². The summed E-state index contributed by atoms with van der Waals surface area (Å²) in [5.74, 6) is 0.129. The highest BCUT2D eigenvalue weighted by Crippen LogP contribution is 2.11. The number of carbonyl (C=O) groups is 2. The highest BCUT2D eigenvalue weighted by molar-refractivity contribution is 7.09. The molecule has 0 atom stereocenters. The molecule has 1 aromatic heterocycles. The molecule has 0 bridgehead atoms. The lowest BCUT2D eigenvalue weighted by atomic mass is 10.2. The topological polar surface area (TPSA) is 62.7 Å². The maximum Gasteiger partial charge on any atom is 0.409 e. The molecule has 0 radical (unpaired) electrons. The molecular weight excluding hydrogens is 290 g/mol. The fourth-order valence-corrected chi connectivity index (χ4v) is 2.92. The Labute approximate surface area is 128 Å². The summed E-state index contributed by atoms with van der Waals surface area (Å²) in [6.07, 6.45) is 0.867. The van der Waals surface area contributed by atoms with E-state index in [4.69, 9.17) is 4.74 Å². The van der Waals surface area contributed by atoms with Crippen molar-refractivity contribution in [2.75, 3.05) is 32.8 Å². The average molecular weight is 311 g/mol. The minimum atomic E-state index is -0.289. The zero-order valence-corrected chi connectivity index (χ0v) is 13.3. The molecular formula is C14H21N3O3S. The van der Waals surface area contributed by atoms with Crippen molar-refractivity contribution < 1.29 is 14.3 Å². The summed E-state index contributed by atoms with van der Waals surface area (Å²) in [4.78, 5) is 31.6. The largest absolute Gasteiger partial charge is 0.450 e. The number of carbonyl (C=O) groups excluding carboxylic acids is 2. The third-order valence-corrected chi connectivity index (χ3v) is 4.24. The van der Waals surface area contributed by atoms with Gasteiger partial charge in [-0.1, -0.05) is 0 Å². The number of thiazole rings is 1. The summed E-state index contributed by atoms with van der Waals surface area (Å²) in [5.41, 5.74) is 0.982. The molecule has 0 unspecified atom stereocenters. The Morgan fingerprint density at radius 3 is 2.52 bits per heavy atom. The molecule has 0 aliphatic carbocycles. The van der Waals surface area contributed by atoms with Crippen LogP contribution in [0.15, 0.2) is 5.38 Å². The predicted molar refractivity (Wildman–Crippen MR) is 80.3 cm³/mol. The lowest BCUT2D eigenvalue weighted by Crippen LogP contribution is -2.50. The number of aryl methyl sites for hydroxylation is 2. The van der Waals surface area contributed by atoms with Gasteiger partial charge < -0.3 is 14.5 Å². The van der Waals surface area contributed by atoms with Crippen LogP contribution >= 0.6 is 11.3 Å². The Balaban J connectivity index is 1.74. The molecule has 1 aromatic rings. The Morgan fingerprint density at radius 1 is 1.29 bits per heavy atom. The summed E-state index contributed by atoms with van der Waals surface area (Å²) in [6, 6.07) is 0. The molecule has 0 saturated carbocycles. The second-order valence-corrected chi connectivity index (χ2v) is 5.99. The SMILES string of the molecule is CCOC(=O)N1CCN(C(=O)CCc2csc(C)n2)CC1. The monoisotopic (exact) mass is 311 g/mol. The Morgan fingerprint density at radius 2 is 1.95 bits per heavy atom. The van der Waals surface area contributed by atoms with E-state index < -0.39 is 0 Å². The van der Waals surface area contributed by atoms with Crippen LogP contribution in [0, 0.1) is 6.92 Å². The van der Waals surface area contributed by atoms with Gasteiger partial charge in [0.15, 0.2) is 0 Å². The molecule has 2 heterocycles. The second-order valence-electron chi connectivity index (χ2n) is 4.92. The summed E-state index contributed by atoms with van der Waals surface area (Å²) >= 11 is 1.61. The summed E-state index contributed by atoms with van der Waals surface area (Å²) < 4.78 is 4.96. The molecule has 1 saturated heterocycles. The van der Waals surface area contributed by atoms with Crippen molar-refractivity contribution >= 4 is 23.3 Å². The van der Waals surface area contributed by atoms with Crippen LogP contribution < -0.4 is 0 Å². The fraction of sp³-hybridized carbons (Fsp3) is 0.643. The van der Waals surface area contributed by atoms with E-state index in [1.54, 1.807) is 23.2 Å². The van der Waals surface area contributed by atoms with Gasteiger partial charge in [0, 0.05) is 38.0 Å². The van der Waals surface area contributed by atoms with Crippen molar-refractivity contribution in [2.45, 2.75) is 26.7 Å². The molecule has 6 nitrogen and oxygen atoms in total. The van der Waals surface area contributed by atoms with E-state index in [1.165, 1.54) is 0 Å². The summed E-state index contributed by atoms with van der Waals surface area (Å²) in [5, 5.41) is 3.03.